The molecule has 0 aromatic carbocycles. The first kappa shape index (κ1) is 29.8. The molecule has 10 nitrogen and oxygen atoms in total. The molecule has 3 amide bonds. The van der Waals surface area contributed by atoms with Gasteiger partial charge in [-0.25, -0.2) is 9.78 Å². The molecule has 2 N–H and O–H groups in total. The molecule has 2 aromatic rings. The molecule has 4 rings (SSSR count). The van der Waals surface area contributed by atoms with Crippen LogP contribution in [-0.4, -0.2) is 82.7 Å². The van der Waals surface area contributed by atoms with Gasteiger partial charge in [-0.05, 0) is 43.2 Å². The number of rotatable bonds is 12. The number of nitrogens with zero attached hydrogens (tertiary/aromatic N) is 4. The minimum absolute atomic E-state index is 0.126. The molecule has 2 aliphatic rings. The van der Waals surface area contributed by atoms with Gasteiger partial charge in [-0.2, -0.15) is 9.61 Å². The smallest absolute Gasteiger partial charge is 0.322 e. The zero-order valence-corrected chi connectivity index (χ0v) is 26.3. The minimum Gasteiger partial charge on any atom is -0.361 e. The summed E-state index contributed by atoms with van der Waals surface area (Å²) in [5.41, 5.74) is 1.20. The van der Waals surface area contributed by atoms with E-state index >= 15 is 0 Å². The van der Waals surface area contributed by atoms with Gasteiger partial charge in [0.1, 0.15) is 32.7 Å². The van der Waals surface area contributed by atoms with E-state index in [0.717, 1.165) is 36.4 Å². The van der Waals surface area contributed by atoms with Crippen LogP contribution in [0.1, 0.15) is 37.3 Å². The summed E-state index contributed by atoms with van der Waals surface area (Å²) >= 11 is 0. The van der Waals surface area contributed by atoms with Crippen molar-refractivity contribution < 1.29 is 19.1 Å². The maximum absolute atomic E-state index is 12.4. The highest BCUT2D eigenvalue weighted by atomic mass is 28.3. The molecular weight excluding hydrogens is 527 g/mol. The van der Waals surface area contributed by atoms with Crippen LogP contribution in [0.4, 0.5) is 10.6 Å². The molecule has 212 valence electrons. The summed E-state index contributed by atoms with van der Waals surface area (Å²) in [6, 6.07) is 3.80. The van der Waals surface area contributed by atoms with E-state index in [2.05, 4.69) is 66.0 Å². The molecule has 13 heteroatoms. The van der Waals surface area contributed by atoms with Crippen molar-refractivity contribution in [2.75, 3.05) is 31.6 Å². The van der Waals surface area contributed by atoms with Crippen molar-refractivity contribution in [2.24, 2.45) is 0 Å². The van der Waals surface area contributed by atoms with Gasteiger partial charge in [0, 0.05) is 53.2 Å². The van der Waals surface area contributed by atoms with Crippen molar-refractivity contribution >= 4 is 52.9 Å². The second kappa shape index (κ2) is 11.7. The van der Waals surface area contributed by atoms with Crippen molar-refractivity contribution in [1.29, 1.82) is 0 Å². The van der Waals surface area contributed by atoms with Gasteiger partial charge in [0.05, 0.1) is 0 Å². The molecule has 0 unspecified atom stereocenters. The third kappa shape index (κ3) is 7.50. The van der Waals surface area contributed by atoms with Crippen molar-refractivity contribution in [2.45, 2.75) is 88.5 Å². The number of aromatic nitrogens is 3. The van der Waals surface area contributed by atoms with Crippen molar-refractivity contribution in [3.63, 3.8) is 0 Å². The molecule has 0 atom stereocenters. The molecule has 2 aromatic heterocycles. The molecule has 1 aliphatic carbocycles. The Morgan fingerprint density at radius 3 is 2.15 bits per heavy atom. The Kier molecular flexibility index (Phi) is 8.94. The number of amides is 3. The van der Waals surface area contributed by atoms with Gasteiger partial charge < -0.3 is 19.7 Å². The number of carbonyl (C=O) groups is 2. The summed E-state index contributed by atoms with van der Waals surface area (Å²) in [6.45, 7) is 16.2. The molecule has 0 bridgehead atoms. The highest BCUT2D eigenvalue weighted by Gasteiger charge is 2.48. The van der Waals surface area contributed by atoms with Crippen LogP contribution >= 0.6 is 0 Å². The lowest BCUT2D eigenvalue weighted by molar-refractivity contribution is -0.125. The van der Waals surface area contributed by atoms with Gasteiger partial charge >= 0.3 is 6.03 Å². The highest BCUT2D eigenvalue weighted by Crippen LogP contribution is 2.39. The van der Waals surface area contributed by atoms with Crippen LogP contribution in [0.3, 0.4) is 0 Å². The Labute approximate surface area is 235 Å². The number of hydrogen-bond donors (Lipinski definition) is 2. The number of imide groups is 1. The lowest BCUT2D eigenvalue weighted by atomic mass is 9.75. The van der Waals surface area contributed by atoms with Crippen molar-refractivity contribution in [3.05, 3.63) is 18.0 Å². The standard InChI is InChI=1S/C26H43BN6O4Si2/c1-38(2,3)13-11-36-17-32(18-37-12-14-39(4,5)6)22-15-21(29-23-20(27)16-28-33(22)23)19-7-9-26(10-8-19)24(34)30-25(35)31-26/h15-16,19H,7-14,17-18H2,1-6H3,(H2,30,31,34,35). The summed E-state index contributed by atoms with van der Waals surface area (Å²) in [6.07, 6.45) is 4.21. The number of urea groups is 1. The maximum Gasteiger partial charge on any atom is 0.322 e. The van der Waals surface area contributed by atoms with E-state index in [1.54, 1.807) is 10.7 Å². The van der Waals surface area contributed by atoms with E-state index in [4.69, 9.17) is 22.3 Å². The molecule has 1 aliphatic heterocycles. The first-order valence-electron chi connectivity index (χ1n) is 13.9. The summed E-state index contributed by atoms with van der Waals surface area (Å²) in [4.78, 5) is 31.2. The molecular formula is C26H43BN6O4Si2. The summed E-state index contributed by atoms with van der Waals surface area (Å²) in [7, 11) is 3.84. The van der Waals surface area contributed by atoms with E-state index in [9.17, 15) is 9.59 Å². The second-order valence-corrected chi connectivity index (χ2v) is 24.6. The Morgan fingerprint density at radius 2 is 1.64 bits per heavy atom. The highest BCUT2D eigenvalue weighted by molar-refractivity contribution is 6.76. The fourth-order valence-electron chi connectivity index (χ4n) is 4.98. The van der Waals surface area contributed by atoms with Gasteiger partial charge in [0.15, 0.2) is 5.65 Å². The predicted molar refractivity (Wildman–Crippen MR) is 159 cm³/mol. The van der Waals surface area contributed by atoms with Crippen LogP contribution in [0, 0.1) is 0 Å². The van der Waals surface area contributed by atoms with Crippen LogP contribution in [0.15, 0.2) is 12.3 Å². The maximum atomic E-state index is 12.4. The van der Waals surface area contributed by atoms with Crippen LogP contribution in [0.25, 0.3) is 5.65 Å². The third-order valence-corrected chi connectivity index (χ3v) is 11.0. The molecule has 39 heavy (non-hydrogen) atoms. The number of anilines is 1. The number of ether oxygens (including phenoxy) is 2. The average Bonchev–Trinajstić information content (AvgIpc) is 3.35. The van der Waals surface area contributed by atoms with Crippen molar-refractivity contribution in [3.8, 4) is 0 Å². The first-order valence-corrected chi connectivity index (χ1v) is 21.4. The SMILES string of the molecule is [B]c1cnn2c(N(COCC[Si](C)(C)C)COCC[Si](C)(C)C)cc(C3CCC4(CC3)NC(=O)NC4=O)nc12. The number of hydrogen-bond acceptors (Lipinski definition) is 7. The number of nitrogens with one attached hydrogen (secondary N) is 2. The molecule has 2 radical (unpaired) electrons. The largest absolute Gasteiger partial charge is 0.361 e. The predicted octanol–water partition coefficient (Wildman–Crippen LogP) is 3.19. The monoisotopic (exact) mass is 570 g/mol. The lowest BCUT2D eigenvalue weighted by Gasteiger charge is -2.34. The summed E-state index contributed by atoms with van der Waals surface area (Å²) in [5, 5.41) is 9.76. The molecule has 1 saturated heterocycles. The lowest BCUT2D eigenvalue weighted by Crippen LogP contribution is -2.49. The number of carbonyl (C=O) groups excluding carboxylic acids is 2. The number of fused-ring (bicyclic) bond motifs is 1. The fourth-order valence-corrected chi connectivity index (χ4v) is 6.49. The van der Waals surface area contributed by atoms with Gasteiger partial charge in [0.2, 0.25) is 0 Å². The average molecular weight is 571 g/mol. The van der Waals surface area contributed by atoms with E-state index in [1.807, 2.05) is 0 Å². The van der Waals surface area contributed by atoms with Gasteiger partial charge in [0.25, 0.3) is 5.91 Å². The van der Waals surface area contributed by atoms with Crippen LogP contribution in [0.5, 0.6) is 0 Å². The summed E-state index contributed by atoms with van der Waals surface area (Å²) < 4.78 is 14.1. The van der Waals surface area contributed by atoms with Gasteiger partial charge in [-0.1, -0.05) is 39.3 Å². The van der Waals surface area contributed by atoms with Crippen LogP contribution < -0.4 is 21.0 Å². The summed E-state index contributed by atoms with van der Waals surface area (Å²) in [5.74, 6) is 0.716. The van der Waals surface area contributed by atoms with E-state index in [1.165, 1.54) is 0 Å². The second-order valence-electron chi connectivity index (χ2n) is 13.4. The molecule has 1 spiro atoms. The zero-order chi connectivity index (χ0) is 28.4. The van der Waals surface area contributed by atoms with Crippen LogP contribution in [0.2, 0.25) is 51.4 Å². The van der Waals surface area contributed by atoms with Crippen molar-refractivity contribution in [1.82, 2.24) is 25.2 Å². The normalized spacial score (nSPS) is 21.9. The quantitative estimate of drug-likeness (QED) is 0.175. The molecule has 2 fully saturated rings. The minimum atomic E-state index is -1.22. The van der Waals surface area contributed by atoms with E-state index < -0.39 is 27.7 Å². The van der Waals surface area contributed by atoms with Gasteiger partial charge in [-0.3, -0.25) is 10.1 Å². The Morgan fingerprint density at radius 1 is 1.05 bits per heavy atom. The van der Waals surface area contributed by atoms with Crippen LogP contribution in [-0.2, 0) is 14.3 Å². The molecule has 3 heterocycles. The Balaban J connectivity index is 1.56. The molecule has 1 saturated carbocycles. The first-order chi connectivity index (χ1) is 18.3. The fraction of sp³-hybridized carbons (Fsp3) is 0.692. The third-order valence-electron chi connectivity index (χ3n) is 7.58. The van der Waals surface area contributed by atoms with Gasteiger partial charge in [-0.15, -0.1) is 0 Å². The Bertz CT molecular complexity index is 1170. The van der Waals surface area contributed by atoms with E-state index in [-0.39, 0.29) is 11.8 Å². The zero-order valence-electron chi connectivity index (χ0n) is 24.3. The Hall–Kier alpha value is -2.22. The topological polar surface area (TPSA) is 110 Å². The van der Waals surface area contributed by atoms with E-state index in [0.29, 0.717) is 50.6 Å².